The van der Waals surface area contributed by atoms with Crippen molar-refractivity contribution in [3.05, 3.63) is 92.8 Å². The Labute approximate surface area is 239 Å². The molecule has 2 atom stereocenters. The molecule has 1 unspecified atom stereocenters. The number of halogens is 7. The average molecular weight is 620 g/mol. The van der Waals surface area contributed by atoms with Crippen LogP contribution in [0.1, 0.15) is 55.6 Å². The van der Waals surface area contributed by atoms with E-state index in [1.54, 1.807) is 13.8 Å². The molecule has 0 aliphatic rings. The zero-order chi connectivity index (χ0) is 30.7. The highest BCUT2D eigenvalue weighted by Gasteiger charge is 2.37. The van der Waals surface area contributed by atoms with Gasteiger partial charge in [-0.25, -0.2) is 0 Å². The predicted octanol–water partition coefficient (Wildman–Crippen LogP) is 6.42. The van der Waals surface area contributed by atoms with E-state index in [1.807, 2.05) is 0 Å². The van der Waals surface area contributed by atoms with E-state index in [1.165, 1.54) is 36.7 Å². The van der Waals surface area contributed by atoms with Gasteiger partial charge in [-0.3, -0.25) is 18.8 Å². The van der Waals surface area contributed by atoms with E-state index in [2.05, 4.69) is 15.6 Å². The zero-order valence-corrected chi connectivity index (χ0v) is 23.4. The van der Waals surface area contributed by atoms with Crippen molar-refractivity contribution in [2.45, 2.75) is 38.7 Å². The molecular formula is C27H24ClF6N3O3S. The second kappa shape index (κ2) is 12.6. The molecule has 220 valence electrons. The lowest BCUT2D eigenvalue weighted by Crippen LogP contribution is -2.37. The van der Waals surface area contributed by atoms with Crippen molar-refractivity contribution in [2.75, 3.05) is 17.3 Å². The Morgan fingerprint density at radius 3 is 2.15 bits per heavy atom. The second-order valence-electron chi connectivity index (χ2n) is 9.31. The maximum atomic E-state index is 13.2. The van der Waals surface area contributed by atoms with Crippen LogP contribution in [0.3, 0.4) is 0 Å². The first-order valence-corrected chi connectivity index (χ1v) is 14.0. The third-order valence-electron chi connectivity index (χ3n) is 5.80. The van der Waals surface area contributed by atoms with Crippen LogP contribution in [0.5, 0.6) is 0 Å². The summed E-state index contributed by atoms with van der Waals surface area (Å²) in [5, 5.41) is 5.25. The normalized spacial score (nSPS) is 13.4. The predicted molar refractivity (Wildman–Crippen MR) is 143 cm³/mol. The van der Waals surface area contributed by atoms with Crippen molar-refractivity contribution < 1.29 is 40.1 Å². The van der Waals surface area contributed by atoms with Gasteiger partial charge in [0.15, 0.2) is 0 Å². The van der Waals surface area contributed by atoms with E-state index in [0.29, 0.717) is 17.7 Å². The number of nitrogens with zero attached hydrogens (tertiary/aromatic N) is 1. The Morgan fingerprint density at radius 1 is 1.00 bits per heavy atom. The molecule has 3 aromatic rings. The molecular weight excluding hydrogens is 596 g/mol. The highest BCUT2D eigenvalue weighted by Crippen LogP contribution is 2.36. The number of carbonyl (C=O) groups excluding carboxylic acids is 2. The number of anilines is 1. The molecule has 1 heterocycles. The Balaban J connectivity index is 1.84. The van der Waals surface area contributed by atoms with E-state index in [4.69, 9.17) is 11.6 Å². The highest BCUT2D eigenvalue weighted by atomic mass is 35.5. The van der Waals surface area contributed by atoms with Gasteiger partial charge in [0.25, 0.3) is 11.8 Å². The van der Waals surface area contributed by atoms with E-state index in [9.17, 15) is 40.1 Å². The third kappa shape index (κ3) is 8.52. The van der Waals surface area contributed by atoms with Crippen molar-refractivity contribution in [3.63, 3.8) is 0 Å². The second-order valence-corrected chi connectivity index (χ2v) is 11.2. The number of hydrogen-bond acceptors (Lipinski definition) is 4. The molecule has 0 aliphatic carbocycles. The fraction of sp³-hybridized carbons (Fsp3) is 0.296. The van der Waals surface area contributed by atoms with Crippen LogP contribution in [0.4, 0.5) is 32.0 Å². The first-order valence-electron chi connectivity index (χ1n) is 11.9. The number of pyridine rings is 1. The molecule has 0 aliphatic heterocycles. The molecule has 6 nitrogen and oxygen atoms in total. The van der Waals surface area contributed by atoms with Gasteiger partial charge >= 0.3 is 12.4 Å². The SMILES string of the molecule is Cc1cc(Cc2cc(C(F)(F)F)cc(C(F)(F)F)c2)ncc1NC(=O)c1cccc(Cl)c1C(=O)N[C@@H](C)CS(C)=O. The number of amides is 2. The topological polar surface area (TPSA) is 88.2 Å². The van der Waals surface area contributed by atoms with Crippen LogP contribution >= 0.6 is 11.6 Å². The minimum Gasteiger partial charge on any atom is -0.349 e. The lowest BCUT2D eigenvalue weighted by atomic mass is 10.0. The summed E-state index contributed by atoms with van der Waals surface area (Å²) >= 11 is 6.21. The number of hydrogen-bond donors (Lipinski definition) is 2. The summed E-state index contributed by atoms with van der Waals surface area (Å²) in [6.07, 6.45) is -7.59. The average Bonchev–Trinajstić information content (AvgIpc) is 2.83. The molecule has 3 rings (SSSR count). The number of aryl methyl sites for hydroxylation is 1. The lowest BCUT2D eigenvalue weighted by molar-refractivity contribution is -0.143. The number of rotatable bonds is 8. The van der Waals surface area contributed by atoms with E-state index in [0.717, 1.165) is 0 Å². The summed E-state index contributed by atoms with van der Waals surface area (Å²) in [6, 6.07) is 6.54. The minimum atomic E-state index is -4.98. The van der Waals surface area contributed by atoms with Gasteiger partial charge in [-0.15, -0.1) is 0 Å². The van der Waals surface area contributed by atoms with Crippen molar-refractivity contribution in [1.82, 2.24) is 10.3 Å². The summed E-state index contributed by atoms with van der Waals surface area (Å²) in [4.78, 5) is 30.1. The van der Waals surface area contributed by atoms with Crippen molar-refractivity contribution in [3.8, 4) is 0 Å². The van der Waals surface area contributed by atoms with Crippen LogP contribution in [0.2, 0.25) is 5.02 Å². The van der Waals surface area contributed by atoms with Gasteiger partial charge in [-0.05, 0) is 61.4 Å². The van der Waals surface area contributed by atoms with Gasteiger partial charge in [0.05, 0.1) is 39.2 Å². The van der Waals surface area contributed by atoms with Crippen LogP contribution in [0.15, 0.2) is 48.7 Å². The molecule has 0 saturated heterocycles. The van der Waals surface area contributed by atoms with Gasteiger partial charge in [0, 0.05) is 41.0 Å². The quantitative estimate of drug-likeness (QED) is 0.285. The maximum absolute atomic E-state index is 13.2. The molecule has 0 fully saturated rings. The molecule has 0 spiro atoms. The molecule has 41 heavy (non-hydrogen) atoms. The first kappa shape index (κ1) is 32.1. The first-order chi connectivity index (χ1) is 19.0. The molecule has 2 aromatic carbocycles. The van der Waals surface area contributed by atoms with Gasteiger partial charge < -0.3 is 10.6 Å². The fourth-order valence-electron chi connectivity index (χ4n) is 4.00. The van der Waals surface area contributed by atoms with Crippen LogP contribution in [0, 0.1) is 6.92 Å². The summed E-state index contributed by atoms with van der Waals surface area (Å²) in [5.74, 6) is -1.18. The van der Waals surface area contributed by atoms with E-state index >= 15 is 0 Å². The number of alkyl halides is 6. The molecule has 0 saturated carbocycles. The lowest BCUT2D eigenvalue weighted by Gasteiger charge is -2.16. The van der Waals surface area contributed by atoms with Crippen LogP contribution < -0.4 is 10.6 Å². The summed E-state index contributed by atoms with van der Waals surface area (Å²) in [7, 11) is -1.18. The van der Waals surface area contributed by atoms with Crippen molar-refractivity contribution in [1.29, 1.82) is 0 Å². The molecule has 14 heteroatoms. The zero-order valence-electron chi connectivity index (χ0n) is 21.8. The Morgan fingerprint density at radius 2 is 1.61 bits per heavy atom. The third-order valence-corrected chi connectivity index (χ3v) is 7.08. The Hall–Kier alpha value is -3.45. The highest BCUT2D eigenvalue weighted by molar-refractivity contribution is 7.84. The summed E-state index contributed by atoms with van der Waals surface area (Å²) in [6.45, 7) is 3.21. The van der Waals surface area contributed by atoms with Gasteiger partial charge in [-0.1, -0.05) is 17.7 Å². The van der Waals surface area contributed by atoms with Gasteiger partial charge in [-0.2, -0.15) is 26.3 Å². The molecule has 2 N–H and O–H groups in total. The van der Waals surface area contributed by atoms with Gasteiger partial charge in [0.1, 0.15) is 0 Å². The molecule has 0 radical (unpaired) electrons. The number of benzene rings is 2. The molecule has 2 amide bonds. The van der Waals surface area contributed by atoms with E-state index in [-0.39, 0.29) is 51.3 Å². The monoisotopic (exact) mass is 619 g/mol. The van der Waals surface area contributed by atoms with Crippen molar-refractivity contribution >= 4 is 39.9 Å². The number of aromatic nitrogens is 1. The maximum Gasteiger partial charge on any atom is 0.416 e. The minimum absolute atomic E-state index is 0.00415. The molecule has 1 aromatic heterocycles. The summed E-state index contributed by atoms with van der Waals surface area (Å²) < 4.78 is 90.7. The smallest absolute Gasteiger partial charge is 0.349 e. The fourth-order valence-corrected chi connectivity index (χ4v) is 5.04. The largest absolute Gasteiger partial charge is 0.416 e. The van der Waals surface area contributed by atoms with Crippen LogP contribution in [0.25, 0.3) is 0 Å². The van der Waals surface area contributed by atoms with E-state index < -0.39 is 52.1 Å². The van der Waals surface area contributed by atoms with Crippen molar-refractivity contribution in [2.24, 2.45) is 0 Å². The summed E-state index contributed by atoms with van der Waals surface area (Å²) in [5.41, 5.74) is -2.49. The molecule has 0 bridgehead atoms. The Bertz CT molecular complexity index is 1460. The van der Waals surface area contributed by atoms with Crippen LogP contribution in [-0.2, 0) is 29.6 Å². The standard InChI is InChI=1S/C27H24ClF6N3O3S/c1-14-7-19(10-16-8-17(26(29,30)31)11-18(9-16)27(32,33)34)35-12-22(14)37-24(38)20-5-4-6-21(28)23(20)25(39)36-15(2)13-41(3)40/h4-9,11-12,15H,10,13H2,1-3H3,(H,36,39)(H,37,38)/t15-,41?/m0/s1. The number of nitrogens with one attached hydrogen (secondary N) is 2. The number of carbonyl (C=O) groups is 2. The Kier molecular flexibility index (Phi) is 9.85. The van der Waals surface area contributed by atoms with Crippen LogP contribution in [-0.4, -0.2) is 39.1 Å². The van der Waals surface area contributed by atoms with Gasteiger partial charge in [0.2, 0.25) is 0 Å².